The molecule has 0 bridgehead atoms. The molecule has 0 aliphatic heterocycles. The van der Waals surface area contributed by atoms with Crippen molar-refractivity contribution in [2.75, 3.05) is 14.2 Å². The lowest BCUT2D eigenvalue weighted by atomic mass is 9.97. The number of ether oxygens (including phenoxy) is 2. The molecule has 16 heavy (non-hydrogen) atoms. The van der Waals surface area contributed by atoms with Gasteiger partial charge in [-0.2, -0.15) is 0 Å². The van der Waals surface area contributed by atoms with Crippen LogP contribution in [0.25, 0.3) is 5.53 Å². The number of nitrogens with zero attached hydrogens (tertiary/aromatic N) is 2. The molecule has 0 atom stereocenters. The van der Waals surface area contributed by atoms with E-state index in [9.17, 15) is 15.1 Å². The van der Waals surface area contributed by atoms with Gasteiger partial charge in [0.25, 0.3) is 0 Å². The Morgan fingerprint density at radius 1 is 0.938 bits per heavy atom. The maximum atomic E-state index is 11.5. The first-order valence-electron chi connectivity index (χ1n) is 4.78. The second-order valence-electron chi connectivity index (χ2n) is 4.41. The summed E-state index contributed by atoms with van der Waals surface area (Å²) in [7, 11) is 2.42. The van der Waals surface area contributed by atoms with Gasteiger partial charge in [-0.25, -0.2) is 9.59 Å². The zero-order valence-electron chi connectivity index (χ0n) is 10.5. The van der Waals surface area contributed by atoms with Gasteiger partial charge in [0.15, 0.2) is 0 Å². The molecule has 0 aromatic carbocycles. The minimum atomic E-state index is -1.34. The lowest BCUT2D eigenvalue weighted by molar-refractivity contribution is -0.657. The third-order valence-electron chi connectivity index (χ3n) is 2.43. The van der Waals surface area contributed by atoms with Crippen molar-refractivity contribution in [2.24, 2.45) is 0 Å². The van der Waals surface area contributed by atoms with Gasteiger partial charge in [0.2, 0.25) is 11.1 Å². The highest BCUT2D eigenvalue weighted by atomic mass is 16.5. The van der Waals surface area contributed by atoms with Gasteiger partial charge in [0.05, 0.1) is 14.2 Å². The van der Waals surface area contributed by atoms with Crippen LogP contribution >= 0.6 is 0 Å². The first-order chi connectivity index (χ1) is 7.12. The molecule has 0 rings (SSSR count). The molecule has 6 nitrogen and oxygen atoms in total. The van der Waals surface area contributed by atoms with Crippen molar-refractivity contribution in [3.05, 3.63) is 5.53 Å². The highest BCUT2D eigenvalue weighted by molar-refractivity contribution is 5.81. The van der Waals surface area contributed by atoms with Crippen LogP contribution in [0.1, 0.15) is 27.7 Å². The largest absolute Gasteiger partial charge is 0.505 e. The number of hydrogen-bond acceptors (Lipinski definition) is 4. The van der Waals surface area contributed by atoms with Crippen LogP contribution in [-0.4, -0.2) is 41.9 Å². The Bertz CT molecular complexity index is 291. The van der Waals surface area contributed by atoms with Crippen LogP contribution in [0, 0.1) is 0 Å². The average Bonchev–Trinajstić information content (AvgIpc) is 2.25. The quantitative estimate of drug-likeness (QED) is 0.409. The zero-order valence-corrected chi connectivity index (χ0v) is 10.5. The summed E-state index contributed by atoms with van der Waals surface area (Å²) in [5.74, 6) is -1.29. The molecule has 0 spiro atoms. The molecule has 0 aromatic heterocycles. The Morgan fingerprint density at radius 2 is 1.19 bits per heavy atom. The lowest BCUT2D eigenvalue weighted by Gasteiger charge is -2.32. The summed E-state index contributed by atoms with van der Waals surface area (Å²) in [5.41, 5.74) is 7.26. The highest BCUT2D eigenvalue weighted by Gasteiger charge is 2.49. The Morgan fingerprint density at radius 3 is 1.38 bits per heavy atom. The topological polar surface area (TPSA) is 77.9 Å². The van der Waals surface area contributed by atoms with Gasteiger partial charge in [0, 0.05) is 27.7 Å². The van der Waals surface area contributed by atoms with E-state index in [0.717, 1.165) is 0 Å². The summed E-state index contributed by atoms with van der Waals surface area (Å²) in [6.07, 6.45) is 0. The Kier molecular flexibility index (Phi) is 4.17. The summed E-state index contributed by atoms with van der Waals surface area (Å²) >= 11 is 0. The van der Waals surface area contributed by atoms with Gasteiger partial charge < -0.3 is 15.0 Å². The summed E-state index contributed by atoms with van der Waals surface area (Å²) in [6.45, 7) is 5.79. The van der Waals surface area contributed by atoms with Crippen molar-refractivity contribution in [2.45, 2.75) is 38.8 Å². The predicted molar refractivity (Wildman–Crippen MR) is 55.8 cm³/mol. The van der Waals surface area contributed by atoms with Crippen LogP contribution in [0.4, 0.5) is 0 Å². The average molecular weight is 230 g/mol. The number of carbonyl (C=O) groups is 2. The van der Waals surface area contributed by atoms with Crippen molar-refractivity contribution in [3.8, 4) is 0 Å². The maximum Gasteiger partial charge on any atom is 0.376 e. The van der Waals surface area contributed by atoms with Crippen LogP contribution in [0.5, 0.6) is 0 Å². The molecule has 0 N–H and O–H groups in total. The number of methoxy groups -OCH3 is 2. The SMILES string of the molecule is COC(=O)C(C)(C)[N+](=[N-])C(C)(C)C(=O)OC. The molecule has 0 heterocycles. The molecule has 0 aliphatic rings. The van der Waals surface area contributed by atoms with Gasteiger partial charge in [-0.15, -0.1) is 0 Å². The Balaban J connectivity index is 5.21. The highest BCUT2D eigenvalue weighted by Crippen LogP contribution is 2.22. The van der Waals surface area contributed by atoms with Crippen LogP contribution in [0.3, 0.4) is 0 Å². The molecule has 0 saturated heterocycles. The molecule has 0 fully saturated rings. The minimum absolute atomic E-state index is 0.637. The summed E-state index contributed by atoms with van der Waals surface area (Å²) in [6, 6.07) is 0. The standard InChI is InChI=1S/C10H18N2O4/c1-9(2,7(13)15-5)12(11)10(3,4)8(14)16-6/h1-6H3. The van der Waals surface area contributed by atoms with Gasteiger partial charge in [-0.1, -0.05) is 0 Å². The van der Waals surface area contributed by atoms with E-state index in [1.165, 1.54) is 41.9 Å². The van der Waals surface area contributed by atoms with E-state index in [4.69, 9.17) is 0 Å². The molecule has 92 valence electrons. The van der Waals surface area contributed by atoms with Gasteiger partial charge in [0.1, 0.15) is 0 Å². The summed E-state index contributed by atoms with van der Waals surface area (Å²) < 4.78 is 9.74. The fourth-order valence-electron chi connectivity index (χ4n) is 1.37. The van der Waals surface area contributed by atoms with Crippen LogP contribution < -0.4 is 0 Å². The molecule has 0 amide bonds. The zero-order chi connectivity index (χ0) is 13.1. The molecule has 0 unspecified atom stereocenters. The third-order valence-corrected chi connectivity index (χ3v) is 2.43. The Labute approximate surface area is 95.0 Å². The van der Waals surface area contributed by atoms with E-state index in [1.807, 2.05) is 0 Å². The first kappa shape index (κ1) is 14.5. The smallest absolute Gasteiger partial charge is 0.376 e. The minimum Gasteiger partial charge on any atom is -0.505 e. The third kappa shape index (κ3) is 2.37. The monoisotopic (exact) mass is 230 g/mol. The maximum absolute atomic E-state index is 11.5. The van der Waals surface area contributed by atoms with Crippen LogP contribution in [-0.2, 0) is 19.1 Å². The van der Waals surface area contributed by atoms with Crippen molar-refractivity contribution in [1.29, 1.82) is 0 Å². The van der Waals surface area contributed by atoms with E-state index < -0.39 is 23.0 Å². The fraction of sp³-hybridized carbons (Fsp3) is 0.800. The molecule has 0 aromatic rings. The second kappa shape index (κ2) is 4.59. The predicted octanol–water partition coefficient (Wildman–Crippen LogP) is 0.924. The molecule has 0 radical (unpaired) electrons. The van der Waals surface area contributed by atoms with E-state index in [2.05, 4.69) is 9.47 Å². The van der Waals surface area contributed by atoms with E-state index >= 15 is 0 Å². The van der Waals surface area contributed by atoms with Crippen molar-refractivity contribution in [3.63, 3.8) is 0 Å². The first-order valence-corrected chi connectivity index (χ1v) is 4.78. The molecule has 0 saturated carbocycles. The van der Waals surface area contributed by atoms with Crippen molar-refractivity contribution >= 4 is 11.9 Å². The second-order valence-corrected chi connectivity index (χ2v) is 4.41. The van der Waals surface area contributed by atoms with E-state index in [-0.39, 0.29) is 0 Å². The fourth-order valence-corrected chi connectivity index (χ4v) is 1.37. The van der Waals surface area contributed by atoms with Crippen molar-refractivity contribution < 1.29 is 23.8 Å². The molecular formula is C10H18N2O4. The van der Waals surface area contributed by atoms with E-state index in [0.29, 0.717) is 4.70 Å². The van der Waals surface area contributed by atoms with Gasteiger partial charge in [-0.3, -0.25) is 4.70 Å². The van der Waals surface area contributed by atoms with Gasteiger partial charge in [-0.05, 0) is 0 Å². The number of carbonyl (C=O) groups excluding carboxylic acids is 2. The van der Waals surface area contributed by atoms with Gasteiger partial charge >= 0.3 is 11.9 Å². The van der Waals surface area contributed by atoms with Crippen LogP contribution in [0.2, 0.25) is 0 Å². The number of esters is 2. The lowest BCUT2D eigenvalue weighted by Crippen LogP contribution is -2.55. The van der Waals surface area contributed by atoms with Crippen molar-refractivity contribution in [1.82, 2.24) is 0 Å². The number of rotatable bonds is 4. The van der Waals surface area contributed by atoms with Crippen LogP contribution in [0.15, 0.2) is 0 Å². The molecule has 0 aliphatic carbocycles. The summed E-state index contributed by atoms with van der Waals surface area (Å²) in [5, 5.41) is 0. The summed E-state index contributed by atoms with van der Waals surface area (Å²) in [4.78, 5) is 22.9. The molecular weight excluding hydrogens is 212 g/mol. The Hall–Kier alpha value is -1.46. The van der Waals surface area contributed by atoms with E-state index in [1.54, 1.807) is 0 Å². The molecule has 6 heteroatoms. The number of hydrogen-bond donors (Lipinski definition) is 0. The normalized spacial score (nSPS) is 11.9.